The summed E-state index contributed by atoms with van der Waals surface area (Å²) in [6.07, 6.45) is 4.07. The lowest BCUT2D eigenvalue weighted by molar-refractivity contribution is -0.132. The third kappa shape index (κ3) is 1.10. The van der Waals surface area contributed by atoms with Crippen molar-refractivity contribution in [2.45, 2.75) is 12.5 Å². The van der Waals surface area contributed by atoms with Crippen molar-refractivity contribution in [2.75, 3.05) is 6.67 Å². The topological polar surface area (TPSA) is 61.4 Å². The van der Waals surface area contributed by atoms with E-state index < -0.39 is 5.97 Å². The first-order valence-electron chi connectivity index (χ1n) is 3.88. The molecule has 1 fully saturated rings. The summed E-state index contributed by atoms with van der Waals surface area (Å²) in [6, 6.07) is 0.182. The summed E-state index contributed by atoms with van der Waals surface area (Å²) >= 11 is 0. The highest BCUT2D eigenvalue weighted by Crippen LogP contribution is 2.19. The van der Waals surface area contributed by atoms with Crippen LogP contribution < -0.4 is 10.6 Å². The Hall–Kier alpha value is -1.29. The van der Waals surface area contributed by atoms with E-state index in [4.69, 9.17) is 5.11 Å². The van der Waals surface area contributed by atoms with Crippen molar-refractivity contribution in [2.24, 2.45) is 0 Å². The molecule has 0 radical (unpaired) electrons. The molecular formula is C8H10N2O2. The van der Waals surface area contributed by atoms with Crippen molar-refractivity contribution >= 4 is 5.97 Å². The molecule has 0 aromatic heterocycles. The third-order valence-electron chi connectivity index (χ3n) is 2.18. The highest BCUT2D eigenvalue weighted by atomic mass is 16.4. The highest BCUT2D eigenvalue weighted by molar-refractivity contribution is 5.87. The number of rotatable bonds is 1. The van der Waals surface area contributed by atoms with Crippen LogP contribution in [-0.2, 0) is 4.79 Å². The zero-order valence-electron chi connectivity index (χ0n) is 6.50. The number of carboxylic acids is 1. The molecule has 64 valence electrons. The van der Waals surface area contributed by atoms with Gasteiger partial charge in [0.25, 0.3) is 0 Å². The quantitative estimate of drug-likeness (QED) is 0.505. The maximum atomic E-state index is 10.6. The first-order valence-corrected chi connectivity index (χ1v) is 3.88. The molecule has 1 unspecified atom stereocenters. The molecule has 1 aliphatic heterocycles. The Morgan fingerprint density at radius 3 is 3.17 bits per heavy atom. The standard InChI is InChI=1S/C8H10N2O2/c11-8(12)5-1-2-6-7(3-5)10-4-9-6/h1-2,7,9-10H,3-4H2,(H,11,12). The number of nitrogens with one attached hydrogen (secondary N) is 2. The van der Waals surface area contributed by atoms with Crippen molar-refractivity contribution in [3.63, 3.8) is 0 Å². The SMILES string of the molecule is O=C(O)C1=CC=C2NCNC2C1. The number of aliphatic carboxylic acids is 1. The van der Waals surface area contributed by atoms with Crippen molar-refractivity contribution < 1.29 is 9.90 Å². The van der Waals surface area contributed by atoms with Gasteiger partial charge in [-0.3, -0.25) is 5.32 Å². The molecule has 4 nitrogen and oxygen atoms in total. The minimum atomic E-state index is -0.820. The average Bonchev–Trinajstić information content (AvgIpc) is 2.49. The summed E-state index contributed by atoms with van der Waals surface area (Å²) in [5.74, 6) is -0.820. The molecule has 1 atom stereocenters. The van der Waals surface area contributed by atoms with Crippen molar-refractivity contribution in [3.8, 4) is 0 Å². The predicted molar refractivity (Wildman–Crippen MR) is 43.3 cm³/mol. The fourth-order valence-corrected chi connectivity index (χ4v) is 1.50. The maximum absolute atomic E-state index is 10.6. The van der Waals surface area contributed by atoms with Crippen LogP contribution >= 0.6 is 0 Å². The lowest BCUT2D eigenvalue weighted by Gasteiger charge is -2.15. The molecule has 0 bridgehead atoms. The zero-order valence-corrected chi connectivity index (χ0v) is 6.50. The number of carbonyl (C=O) groups is 1. The second-order valence-electron chi connectivity index (χ2n) is 2.93. The van der Waals surface area contributed by atoms with Gasteiger partial charge >= 0.3 is 5.97 Å². The van der Waals surface area contributed by atoms with Gasteiger partial charge in [-0.2, -0.15) is 0 Å². The van der Waals surface area contributed by atoms with Crippen LogP contribution in [-0.4, -0.2) is 23.8 Å². The molecule has 4 heteroatoms. The summed E-state index contributed by atoms with van der Waals surface area (Å²) in [6.45, 7) is 0.733. The molecule has 2 aliphatic rings. The van der Waals surface area contributed by atoms with E-state index in [0.29, 0.717) is 12.0 Å². The summed E-state index contributed by atoms with van der Waals surface area (Å²) in [5, 5.41) is 15.0. The van der Waals surface area contributed by atoms with Crippen LogP contribution in [0, 0.1) is 0 Å². The number of hydrogen-bond donors (Lipinski definition) is 3. The van der Waals surface area contributed by atoms with Crippen LogP contribution in [0.15, 0.2) is 23.4 Å². The molecule has 2 rings (SSSR count). The van der Waals surface area contributed by atoms with E-state index in [2.05, 4.69) is 10.6 Å². The smallest absolute Gasteiger partial charge is 0.331 e. The molecule has 3 N–H and O–H groups in total. The normalized spacial score (nSPS) is 26.8. The third-order valence-corrected chi connectivity index (χ3v) is 2.18. The lowest BCUT2D eigenvalue weighted by Crippen LogP contribution is -2.26. The van der Waals surface area contributed by atoms with Crippen LogP contribution in [0.3, 0.4) is 0 Å². The minimum absolute atomic E-state index is 0.182. The summed E-state index contributed by atoms with van der Waals surface area (Å²) in [5.41, 5.74) is 1.57. The van der Waals surface area contributed by atoms with Crippen LogP contribution in [0.4, 0.5) is 0 Å². The van der Waals surface area contributed by atoms with Crippen LogP contribution in [0.1, 0.15) is 6.42 Å². The Balaban J connectivity index is 2.20. The molecule has 1 saturated heterocycles. The molecule has 0 spiro atoms. The van der Waals surface area contributed by atoms with Crippen LogP contribution in [0.25, 0.3) is 0 Å². The van der Waals surface area contributed by atoms with E-state index in [1.807, 2.05) is 6.08 Å². The first-order chi connectivity index (χ1) is 5.77. The van der Waals surface area contributed by atoms with Crippen LogP contribution in [0.2, 0.25) is 0 Å². The number of carboxylic acid groups (broad SMARTS) is 1. The fraction of sp³-hybridized carbons (Fsp3) is 0.375. The summed E-state index contributed by atoms with van der Waals surface area (Å²) in [7, 11) is 0. The van der Waals surface area contributed by atoms with Gasteiger partial charge in [0, 0.05) is 17.7 Å². The van der Waals surface area contributed by atoms with E-state index in [1.54, 1.807) is 6.08 Å². The molecule has 0 aromatic rings. The van der Waals surface area contributed by atoms with Crippen LogP contribution in [0.5, 0.6) is 0 Å². The minimum Gasteiger partial charge on any atom is -0.478 e. The summed E-state index contributed by atoms with van der Waals surface area (Å²) in [4.78, 5) is 10.6. The Kier molecular flexibility index (Phi) is 1.62. The first kappa shape index (κ1) is 7.36. The molecule has 12 heavy (non-hydrogen) atoms. The number of hydrogen-bond acceptors (Lipinski definition) is 3. The van der Waals surface area contributed by atoms with Gasteiger partial charge in [0.15, 0.2) is 0 Å². The molecule has 1 heterocycles. The summed E-state index contributed by atoms with van der Waals surface area (Å²) < 4.78 is 0. The predicted octanol–water partition coefficient (Wildman–Crippen LogP) is -0.196. The van der Waals surface area contributed by atoms with E-state index in [-0.39, 0.29) is 6.04 Å². The lowest BCUT2D eigenvalue weighted by atomic mass is 9.99. The van der Waals surface area contributed by atoms with Gasteiger partial charge in [0.1, 0.15) is 0 Å². The Morgan fingerprint density at radius 2 is 2.42 bits per heavy atom. The largest absolute Gasteiger partial charge is 0.478 e. The average molecular weight is 166 g/mol. The molecule has 0 aromatic carbocycles. The van der Waals surface area contributed by atoms with Gasteiger partial charge in [-0.05, 0) is 12.2 Å². The van der Waals surface area contributed by atoms with Gasteiger partial charge in [-0.15, -0.1) is 0 Å². The molecule has 0 amide bonds. The second kappa shape index (κ2) is 2.64. The molecular weight excluding hydrogens is 156 g/mol. The highest BCUT2D eigenvalue weighted by Gasteiger charge is 2.25. The maximum Gasteiger partial charge on any atom is 0.331 e. The van der Waals surface area contributed by atoms with E-state index in [1.165, 1.54) is 0 Å². The van der Waals surface area contributed by atoms with E-state index in [0.717, 1.165) is 12.4 Å². The molecule has 1 aliphatic carbocycles. The van der Waals surface area contributed by atoms with Crippen molar-refractivity contribution in [3.05, 3.63) is 23.4 Å². The number of fused-ring (bicyclic) bond motifs is 1. The fourth-order valence-electron chi connectivity index (χ4n) is 1.50. The monoisotopic (exact) mass is 166 g/mol. The molecule has 0 saturated carbocycles. The number of allylic oxidation sites excluding steroid dienone is 2. The Labute approximate surface area is 70.0 Å². The van der Waals surface area contributed by atoms with E-state index in [9.17, 15) is 4.79 Å². The van der Waals surface area contributed by atoms with Gasteiger partial charge in [-0.1, -0.05) is 0 Å². The van der Waals surface area contributed by atoms with E-state index >= 15 is 0 Å². The van der Waals surface area contributed by atoms with Gasteiger partial charge in [0.2, 0.25) is 0 Å². The second-order valence-corrected chi connectivity index (χ2v) is 2.93. The van der Waals surface area contributed by atoms with Crippen molar-refractivity contribution in [1.29, 1.82) is 0 Å². The zero-order chi connectivity index (χ0) is 8.55. The Morgan fingerprint density at radius 1 is 1.58 bits per heavy atom. The van der Waals surface area contributed by atoms with Gasteiger partial charge < -0.3 is 10.4 Å². The Bertz CT molecular complexity index is 281. The van der Waals surface area contributed by atoms with Crippen molar-refractivity contribution in [1.82, 2.24) is 10.6 Å². The van der Waals surface area contributed by atoms with Gasteiger partial charge in [-0.25, -0.2) is 4.79 Å². The van der Waals surface area contributed by atoms with Gasteiger partial charge in [0.05, 0.1) is 12.7 Å².